The van der Waals surface area contributed by atoms with E-state index in [2.05, 4.69) is 55.6 Å². The van der Waals surface area contributed by atoms with E-state index in [9.17, 15) is 14.4 Å². The number of ether oxygens (including phenoxy) is 3. The smallest absolute Gasteiger partial charge is 0.306 e. The Morgan fingerprint density at radius 1 is 0.653 bits per heavy atom. The molecule has 250 valence electrons. The fourth-order valence-corrected chi connectivity index (χ4v) is 5.32. The summed E-state index contributed by atoms with van der Waals surface area (Å²) in [6.07, 6.45) is -0.508. The lowest BCUT2D eigenvalue weighted by Gasteiger charge is -2.26. The molecule has 0 bridgehead atoms. The van der Waals surface area contributed by atoms with E-state index in [0.29, 0.717) is 35.1 Å². The molecule has 0 saturated carbocycles. The highest BCUT2D eigenvalue weighted by Crippen LogP contribution is 2.33. The van der Waals surface area contributed by atoms with Crippen LogP contribution in [-0.4, -0.2) is 23.8 Å². The fraction of sp³-hybridized carbons (Fsp3) is 0.214. The van der Waals surface area contributed by atoms with Crippen LogP contribution in [0, 0.1) is 0 Å². The minimum atomic E-state index is -0.947. The maximum Gasteiger partial charge on any atom is 0.306 e. The van der Waals surface area contributed by atoms with Gasteiger partial charge >= 0.3 is 5.97 Å². The van der Waals surface area contributed by atoms with Gasteiger partial charge in [-0.2, -0.15) is 0 Å². The Balaban J connectivity index is 1.01. The van der Waals surface area contributed by atoms with E-state index >= 15 is 0 Å². The Bertz CT molecular complexity index is 1820. The van der Waals surface area contributed by atoms with Crippen molar-refractivity contribution in [1.29, 1.82) is 0 Å². The first-order valence-corrected chi connectivity index (χ1v) is 16.4. The number of Topliss-reactive ketones (excluding diaryl/α,β-unsaturated/α-hetero) is 1. The normalized spacial score (nSPS) is 11.7. The van der Waals surface area contributed by atoms with Gasteiger partial charge in [0, 0.05) is 29.5 Å². The molecule has 7 nitrogen and oxygen atoms in total. The number of hydrogen-bond acceptors (Lipinski definition) is 6. The Labute approximate surface area is 287 Å². The largest absolute Gasteiger partial charge is 0.489 e. The molecule has 0 fully saturated rings. The predicted octanol–water partition coefficient (Wildman–Crippen LogP) is 9.31. The summed E-state index contributed by atoms with van der Waals surface area (Å²) in [7, 11) is 0. The molecule has 1 amide bonds. The summed E-state index contributed by atoms with van der Waals surface area (Å²) in [5.41, 5.74) is 4.38. The number of amides is 1. The minimum Gasteiger partial charge on any atom is -0.489 e. The van der Waals surface area contributed by atoms with Gasteiger partial charge in [0.1, 0.15) is 23.9 Å². The van der Waals surface area contributed by atoms with Crippen LogP contribution in [0.3, 0.4) is 0 Å². The lowest BCUT2D eigenvalue weighted by atomic mass is 9.78. The van der Waals surface area contributed by atoms with Crippen LogP contribution in [0.4, 0.5) is 5.69 Å². The van der Waals surface area contributed by atoms with Crippen molar-refractivity contribution < 1.29 is 28.6 Å². The quantitative estimate of drug-likeness (QED) is 0.0893. The SMILES string of the molecule is CC(OC(=O)CCCC(=O)Nc1ccc(Oc2ccc(C(C)(C)c3ccccc3)cc2)cc1)C(=O)c1ccc(OCc2ccccc2)cc1. The molecule has 0 aromatic heterocycles. The van der Waals surface area contributed by atoms with Crippen molar-refractivity contribution in [3.05, 3.63) is 156 Å². The van der Waals surface area contributed by atoms with Gasteiger partial charge < -0.3 is 19.5 Å². The summed E-state index contributed by atoms with van der Waals surface area (Å²) < 4.78 is 17.1. The summed E-state index contributed by atoms with van der Waals surface area (Å²) >= 11 is 0. The summed E-state index contributed by atoms with van der Waals surface area (Å²) in [6.45, 7) is 6.37. The number of hydrogen-bond donors (Lipinski definition) is 1. The highest BCUT2D eigenvalue weighted by Gasteiger charge is 2.23. The molecule has 1 unspecified atom stereocenters. The fourth-order valence-electron chi connectivity index (χ4n) is 5.32. The van der Waals surface area contributed by atoms with Gasteiger partial charge in [-0.25, -0.2) is 0 Å². The molecule has 0 spiro atoms. The van der Waals surface area contributed by atoms with Gasteiger partial charge in [0.25, 0.3) is 0 Å². The summed E-state index contributed by atoms with van der Waals surface area (Å²) in [6, 6.07) is 42.1. The van der Waals surface area contributed by atoms with E-state index in [1.807, 2.05) is 48.5 Å². The first-order chi connectivity index (χ1) is 23.7. The molecule has 0 aliphatic rings. The number of carbonyl (C=O) groups excluding carboxylic acids is 3. The zero-order valence-electron chi connectivity index (χ0n) is 28.1. The zero-order valence-corrected chi connectivity index (χ0v) is 28.1. The first kappa shape index (κ1) is 34.6. The van der Waals surface area contributed by atoms with Gasteiger partial charge in [-0.05, 0) is 90.7 Å². The molecule has 1 N–H and O–H groups in total. The molecule has 5 rings (SSSR count). The lowest BCUT2D eigenvalue weighted by Crippen LogP contribution is -2.24. The van der Waals surface area contributed by atoms with Crippen LogP contribution in [-0.2, 0) is 26.3 Å². The third kappa shape index (κ3) is 9.91. The average molecular weight is 656 g/mol. The van der Waals surface area contributed by atoms with E-state index in [1.54, 1.807) is 55.5 Å². The van der Waals surface area contributed by atoms with Crippen molar-refractivity contribution in [3.8, 4) is 17.2 Å². The number of esters is 1. The molecular formula is C42H41NO6. The molecule has 5 aromatic rings. The van der Waals surface area contributed by atoms with E-state index in [0.717, 1.165) is 5.56 Å². The van der Waals surface area contributed by atoms with E-state index < -0.39 is 12.1 Å². The highest BCUT2D eigenvalue weighted by atomic mass is 16.5. The van der Waals surface area contributed by atoms with E-state index in [-0.39, 0.29) is 36.4 Å². The van der Waals surface area contributed by atoms with Crippen molar-refractivity contribution in [1.82, 2.24) is 0 Å². The molecule has 0 aliphatic heterocycles. The highest BCUT2D eigenvalue weighted by molar-refractivity contribution is 6.00. The molecule has 0 saturated heterocycles. The van der Waals surface area contributed by atoms with Crippen LogP contribution < -0.4 is 14.8 Å². The molecule has 0 aliphatic carbocycles. The van der Waals surface area contributed by atoms with Gasteiger partial charge in [-0.1, -0.05) is 86.6 Å². The third-order valence-electron chi connectivity index (χ3n) is 8.29. The summed E-state index contributed by atoms with van der Waals surface area (Å²) in [4.78, 5) is 37.7. The summed E-state index contributed by atoms with van der Waals surface area (Å²) in [5.74, 6) is 0.933. The predicted molar refractivity (Wildman–Crippen MR) is 191 cm³/mol. The molecular weight excluding hydrogens is 614 g/mol. The van der Waals surface area contributed by atoms with Crippen molar-refractivity contribution in [2.75, 3.05) is 5.32 Å². The minimum absolute atomic E-state index is 0.0192. The number of carbonyl (C=O) groups is 3. The first-order valence-electron chi connectivity index (χ1n) is 16.4. The Morgan fingerprint density at radius 2 is 1.20 bits per heavy atom. The second kappa shape index (κ2) is 16.4. The van der Waals surface area contributed by atoms with Gasteiger partial charge in [0.2, 0.25) is 11.7 Å². The molecule has 1 atom stereocenters. The van der Waals surface area contributed by atoms with Crippen LogP contribution in [0.5, 0.6) is 17.2 Å². The number of nitrogens with one attached hydrogen (secondary N) is 1. The number of ketones is 1. The van der Waals surface area contributed by atoms with Crippen LogP contribution in [0.1, 0.15) is 67.1 Å². The lowest BCUT2D eigenvalue weighted by molar-refractivity contribution is -0.146. The van der Waals surface area contributed by atoms with Crippen LogP contribution in [0.15, 0.2) is 133 Å². The topological polar surface area (TPSA) is 90.9 Å². The average Bonchev–Trinajstić information content (AvgIpc) is 3.12. The number of rotatable bonds is 15. The van der Waals surface area contributed by atoms with Crippen molar-refractivity contribution >= 4 is 23.3 Å². The zero-order chi connectivity index (χ0) is 34.6. The van der Waals surface area contributed by atoms with Crippen LogP contribution in [0.25, 0.3) is 0 Å². The Kier molecular flexibility index (Phi) is 11.6. The maximum absolute atomic E-state index is 12.8. The molecule has 49 heavy (non-hydrogen) atoms. The molecule has 0 heterocycles. The molecule has 5 aromatic carbocycles. The van der Waals surface area contributed by atoms with E-state index in [4.69, 9.17) is 14.2 Å². The Hall–Kier alpha value is -5.69. The van der Waals surface area contributed by atoms with Gasteiger partial charge in [0.05, 0.1) is 0 Å². The van der Waals surface area contributed by atoms with Crippen LogP contribution >= 0.6 is 0 Å². The van der Waals surface area contributed by atoms with E-state index in [1.165, 1.54) is 11.1 Å². The second-order valence-electron chi connectivity index (χ2n) is 12.3. The van der Waals surface area contributed by atoms with Gasteiger partial charge in [0.15, 0.2) is 6.10 Å². The maximum atomic E-state index is 12.8. The van der Waals surface area contributed by atoms with Gasteiger partial charge in [-0.3, -0.25) is 14.4 Å². The third-order valence-corrected chi connectivity index (χ3v) is 8.29. The number of anilines is 1. The standard InChI is InChI=1S/C42H41NO6/c1-30(41(46)32-17-23-36(24-18-32)47-29-31-11-6-4-7-12-31)48-40(45)16-10-15-39(44)43-35-21-27-38(28-22-35)49-37-25-19-34(20-26-37)42(2,3)33-13-8-5-9-14-33/h4-9,11-14,17-28,30H,10,15-16,29H2,1-3H3,(H,43,44). The van der Waals surface area contributed by atoms with Crippen molar-refractivity contribution in [2.24, 2.45) is 0 Å². The van der Waals surface area contributed by atoms with Crippen molar-refractivity contribution in [2.45, 2.75) is 58.2 Å². The van der Waals surface area contributed by atoms with Crippen molar-refractivity contribution in [3.63, 3.8) is 0 Å². The van der Waals surface area contributed by atoms with Crippen LogP contribution in [0.2, 0.25) is 0 Å². The monoisotopic (exact) mass is 655 g/mol. The van der Waals surface area contributed by atoms with Gasteiger partial charge in [-0.15, -0.1) is 0 Å². The number of benzene rings is 5. The second-order valence-corrected chi connectivity index (χ2v) is 12.3. The molecule has 0 radical (unpaired) electrons. The Morgan fingerprint density at radius 3 is 1.84 bits per heavy atom. The molecule has 7 heteroatoms. The summed E-state index contributed by atoms with van der Waals surface area (Å²) in [5, 5.41) is 2.84.